The number of carbonyl (C=O) groups is 1. The van der Waals surface area contributed by atoms with Gasteiger partial charge in [0.15, 0.2) is 0 Å². The number of nitrogens with zero attached hydrogens (tertiary/aromatic N) is 1. The lowest BCUT2D eigenvalue weighted by molar-refractivity contribution is -0.119. The molecule has 4 heteroatoms. The number of carbonyl (C=O) groups excluding carboxylic acids is 1. The van der Waals surface area contributed by atoms with Crippen molar-refractivity contribution in [1.29, 1.82) is 0 Å². The van der Waals surface area contributed by atoms with Crippen LogP contribution in [0.2, 0.25) is 0 Å². The second-order valence-corrected chi connectivity index (χ2v) is 4.80. The van der Waals surface area contributed by atoms with Gasteiger partial charge in [0.2, 0.25) is 5.91 Å². The monoisotopic (exact) mass is 261 g/mol. The number of nitrogens with one attached hydrogen (secondary N) is 2. The Morgan fingerprint density at radius 2 is 2.26 bits per heavy atom. The lowest BCUT2D eigenvalue weighted by atomic mass is 10.0. The molecule has 0 spiro atoms. The molecule has 0 radical (unpaired) electrons. The molecule has 1 aromatic carbocycles. The van der Waals surface area contributed by atoms with Gasteiger partial charge < -0.3 is 15.5 Å². The summed E-state index contributed by atoms with van der Waals surface area (Å²) in [4.78, 5) is 13.9. The molecule has 1 heterocycles. The first-order valence-electron chi connectivity index (χ1n) is 7.13. The summed E-state index contributed by atoms with van der Waals surface area (Å²) in [5.41, 5.74) is 3.76. The molecule has 4 nitrogen and oxygen atoms in total. The van der Waals surface area contributed by atoms with Crippen LogP contribution in [-0.2, 0) is 11.2 Å². The van der Waals surface area contributed by atoms with E-state index in [1.165, 1.54) is 16.9 Å². The van der Waals surface area contributed by atoms with Crippen molar-refractivity contribution in [3.05, 3.63) is 23.8 Å². The molecule has 0 unspecified atom stereocenters. The van der Waals surface area contributed by atoms with Gasteiger partial charge in [-0.15, -0.1) is 0 Å². The number of likely N-dealkylation sites (N-methyl/N-ethyl adjacent to an activating group) is 2. The van der Waals surface area contributed by atoms with Crippen LogP contribution in [-0.4, -0.2) is 32.1 Å². The fourth-order valence-electron chi connectivity index (χ4n) is 2.58. The van der Waals surface area contributed by atoms with Crippen molar-refractivity contribution in [3.63, 3.8) is 0 Å². The highest BCUT2D eigenvalue weighted by Gasteiger charge is 2.17. The fraction of sp³-hybridized carbons (Fsp3) is 0.533. The van der Waals surface area contributed by atoms with Gasteiger partial charge in [-0.25, -0.2) is 0 Å². The summed E-state index contributed by atoms with van der Waals surface area (Å²) in [6.07, 6.45) is 2.24. The van der Waals surface area contributed by atoms with Crippen molar-refractivity contribution in [1.82, 2.24) is 5.32 Å². The molecule has 0 saturated heterocycles. The van der Waals surface area contributed by atoms with Crippen LogP contribution in [0.25, 0.3) is 0 Å². The van der Waals surface area contributed by atoms with Gasteiger partial charge in [-0.2, -0.15) is 0 Å². The quantitative estimate of drug-likeness (QED) is 0.852. The number of amides is 1. The second-order valence-electron chi connectivity index (χ2n) is 4.80. The summed E-state index contributed by atoms with van der Waals surface area (Å²) >= 11 is 0. The third-order valence-electron chi connectivity index (χ3n) is 3.50. The Hall–Kier alpha value is -1.71. The molecule has 1 aliphatic heterocycles. The van der Waals surface area contributed by atoms with Gasteiger partial charge in [0.1, 0.15) is 0 Å². The van der Waals surface area contributed by atoms with Crippen LogP contribution in [0.1, 0.15) is 25.8 Å². The van der Waals surface area contributed by atoms with E-state index >= 15 is 0 Å². The summed E-state index contributed by atoms with van der Waals surface area (Å²) in [6, 6.07) is 6.30. The lowest BCUT2D eigenvalue weighted by Crippen LogP contribution is -2.37. The smallest absolute Gasteiger partial charge is 0.239 e. The summed E-state index contributed by atoms with van der Waals surface area (Å²) in [5.74, 6) is 0.0886. The van der Waals surface area contributed by atoms with Crippen molar-refractivity contribution in [2.75, 3.05) is 36.4 Å². The van der Waals surface area contributed by atoms with Gasteiger partial charge in [0, 0.05) is 31.0 Å². The Labute approximate surface area is 115 Å². The molecule has 2 N–H and O–H groups in total. The molecule has 104 valence electrons. The maximum atomic E-state index is 11.8. The highest BCUT2D eigenvalue weighted by atomic mass is 16.2. The van der Waals surface area contributed by atoms with Crippen LogP contribution < -0.4 is 15.5 Å². The average Bonchev–Trinajstić information content (AvgIpc) is 2.44. The van der Waals surface area contributed by atoms with Gasteiger partial charge >= 0.3 is 0 Å². The minimum atomic E-state index is 0.0886. The Morgan fingerprint density at radius 3 is 3.00 bits per heavy atom. The normalized spacial score (nSPS) is 13.4. The van der Waals surface area contributed by atoms with Crippen LogP contribution in [0.5, 0.6) is 0 Å². The van der Waals surface area contributed by atoms with E-state index < -0.39 is 0 Å². The van der Waals surface area contributed by atoms with Crippen molar-refractivity contribution < 1.29 is 4.79 Å². The Bertz CT molecular complexity index is 445. The molecule has 0 aromatic heterocycles. The standard InChI is InChI=1S/C15H23N3O/c1-3-16-15(19)11-18(4-2)14-9-5-8-13-12(14)7-6-10-17-13/h5,8-9,17H,3-4,6-7,10-11H2,1-2H3,(H,16,19). The molecule has 1 aliphatic rings. The molecule has 1 amide bonds. The second kappa shape index (κ2) is 6.45. The predicted molar refractivity (Wildman–Crippen MR) is 79.8 cm³/mol. The SMILES string of the molecule is CCNC(=O)CN(CC)c1cccc2c1CCCN2. The highest BCUT2D eigenvalue weighted by molar-refractivity contribution is 5.82. The van der Waals surface area contributed by atoms with Crippen LogP contribution in [0.3, 0.4) is 0 Å². The van der Waals surface area contributed by atoms with Gasteiger partial charge in [-0.3, -0.25) is 4.79 Å². The summed E-state index contributed by atoms with van der Waals surface area (Å²) in [5, 5.41) is 6.30. The zero-order chi connectivity index (χ0) is 13.7. The fourth-order valence-corrected chi connectivity index (χ4v) is 2.58. The number of rotatable bonds is 5. The van der Waals surface area contributed by atoms with E-state index in [2.05, 4.69) is 40.7 Å². The zero-order valence-corrected chi connectivity index (χ0v) is 11.8. The van der Waals surface area contributed by atoms with Gasteiger partial charge in [0.25, 0.3) is 0 Å². The highest BCUT2D eigenvalue weighted by Crippen LogP contribution is 2.31. The third-order valence-corrected chi connectivity index (χ3v) is 3.50. The average molecular weight is 261 g/mol. The first kappa shape index (κ1) is 13.7. The molecule has 0 fully saturated rings. The molecular formula is C15H23N3O. The van der Waals surface area contributed by atoms with E-state index in [0.29, 0.717) is 13.1 Å². The van der Waals surface area contributed by atoms with E-state index in [-0.39, 0.29) is 5.91 Å². The van der Waals surface area contributed by atoms with Gasteiger partial charge in [0.05, 0.1) is 6.54 Å². The van der Waals surface area contributed by atoms with Crippen LogP contribution in [0.15, 0.2) is 18.2 Å². The minimum absolute atomic E-state index is 0.0886. The Morgan fingerprint density at radius 1 is 1.42 bits per heavy atom. The van der Waals surface area contributed by atoms with E-state index in [9.17, 15) is 4.79 Å². The largest absolute Gasteiger partial charge is 0.385 e. The minimum Gasteiger partial charge on any atom is -0.385 e. The van der Waals surface area contributed by atoms with Crippen LogP contribution >= 0.6 is 0 Å². The molecule has 1 aromatic rings. The van der Waals surface area contributed by atoms with E-state index in [0.717, 1.165) is 25.9 Å². The van der Waals surface area contributed by atoms with Crippen molar-refractivity contribution >= 4 is 17.3 Å². The van der Waals surface area contributed by atoms with Crippen molar-refractivity contribution in [2.45, 2.75) is 26.7 Å². The number of hydrogen-bond acceptors (Lipinski definition) is 3. The predicted octanol–water partition coefficient (Wildman–Crippen LogP) is 2.01. The number of benzene rings is 1. The molecule has 0 saturated carbocycles. The van der Waals surface area contributed by atoms with Crippen LogP contribution in [0.4, 0.5) is 11.4 Å². The Balaban J connectivity index is 2.20. The molecule has 2 rings (SSSR count). The van der Waals surface area contributed by atoms with Crippen molar-refractivity contribution in [2.24, 2.45) is 0 Å². The Kier molecular flexibility index (Phi) is 4.66. The number of hydrogen-bond donors (Lipinski definition) is 2. The molecule has 19 heavy (non-hydrogen) atoms. The van der Waals surface area contributed by atoms with Crippen LogP contribution in [0, 0.1) is 0 Å². The van der Waals surface area contributed by atoms with Gasteiger partial charge in [-0.05, 0) is 44.4 Å². The first-order chi connectivity index (χ1) is 9.26. The number of fused-ring (bicyclic) bond motifs is 1. The van der Waals surface area contributed by atoms with Gasteiger partial charge in [-0.1, -0.05) is 6.07 Å². The maximum Gasteiger partial charge on any atom is 0.239 e. The maximum absolute atomic E-state index is 11.8. The zero-order valence-electron chi connectivity index (χ0n) is 11.8. The third kappa shape index (κ3) is 3.19. The first-order valence-corrected chi connectivity index (χ1v) is 7.13. The van der Waals surface area contributed by atoms with Crippen molar-refractivity contribution in [3.8, 4) is 0 Å². The topological polar surface area (TPSA) is 44.4 Å². The lowest BCUT2D eigenvalue weighted by Gasteiger charge is -2.28. The van der Waals surface area contributed by atoms with E-state index in [4.69, 9.17) is 0 Å². The van der Waals surface area contributed by atoms with E-state index in [1.807, 2.05) is 6.92 Å². The summed E-state index contributed by atoms with van der Waals surface area (Å²) in [7, 11) is 0. The molecule has 0 aliphatic carbocycles. The number of anilines is 2. The molecule has 0 bridgehead atoms. The summed E-state index contributed by atoms with van der Waals surface area (Å²) < 4.78 is 0. The molecule has 0 atom stereocenters. The summed E-state index contributed by atoms with van der Waals surface area (Å²) in [6.45, 7) is 7.04. The van der Waals surface area contributed by atoms with E-state index in [1.54, 1.807) is 0 Å². The molecular weight excluding hydrogens is 238 g/mol.